The summed E-state index contributed by atoms with van der Waals surface area (Å²) in [6, 6.07) is 9.36. The first kappa shape index (κ1) is 20.9. The first-order valence-corrected chi connectivity index (χ1v) is 8.37. The molecule has 0 aliphatic heterocycles. The quantitative estimate of drug-likeness (QED) is 0.350. The van der Waals surface area contributed by atoms with Crippen LogP contribution in [0.3, 0.4) is 0 Å². The van der Waals surface area contributed by atoms with E-state index in [1.165, 1.54) is 26.5 Å². The van der Waals surface area contributed by atoms with E-state index in [2.05, 4.69) is 15.8 Å². The fourth-order valence-electron chi connectivity index (χ4n) is 2.14. The molecule has 0 aliphatic rings. The fourth-order valence-corrected chi connectivity index (χ4v) is 2.30. The monoisotopic (exact) mass is 406 g/mol. The number of methoxy groups -OCH3 is 2. The Kier molecular flexibility index (Phi) is 7.52. The zero-order chi connectivity index (χ0) is 20.5. The van der Waals surface area contributed by atoms with Gasteiger partial charge in [0.15, 0.2) is 23.2 Å². The van der Waals surface area contributed by atoms with Crippen LogP contribution in [0, 0.1) is 5.82 Å². The van der Waals surface area contributed by atoms with Gasteiger partial charge >= 0.3 is 0 Å². The van der Waals surface area contributed by atoms with Gasteiger partial charge in [0, 0.05) is 5.56 Å². The van der Waals surface area contributed by atoms with Crippen molar-refractivity contribution in [3.63, 3.8) is 0 Å². The van der Waals surface area contributed by atoms with Crippen LogP contribution in [0.2, 0.25) is 0 Å². The number of nitrogens with one attached hydrogen (secondary N) is 2. The van der Waals surface area contributed by atoms with Gasteiger partial charge in [-0.3, -0.25) is 10.2 Å². The number of amides is 1. The van der Waals surface area contributed by atoms with E-state index in [9.17, 15) is 9.18 Å². The summed E-state index contributed by atoms with van der Waals surface area (Å²) >= 11 is 5.07. The number of para-hydroxylation sites is 1. The molecule has 0 bridgehead atoms. The summed E-state index contributed by atoms with van der Waals surface area (Å²) in [5, 5.41) is 6.80. The molecule has 1 amide bonds. The summed E-state index contributed by atoms with van der Waals surface area (Å²) in [4.78, 5) is 10.9. The zero-order valence-corrected chi connectivity index (χ0v) is 16.0. The second-order valence-electron chi connectivity index (χ2n) is 5.31. The summed E-state index contributed by atoms with van der Waals surface area (Å²) < 4.78 is 29.5. The number of primary amides is 1. The third-order valence-electron chi connectivity index (χ3n) is 3.34. The number of nitrogens with zero attached hydrogens (tertiary/aromatic N) is 1. The molecule has 2 aromatic rings. The molecule has 0 unspecified atom stereocenters. The normalized spacial score (nSPS) is 10.4. The summed E-state index contributed by atoms with van der Waals surface area (Å²) in [5.74, 6) is -0.166. The van der Waals surface area contributed by atoms with Gasteiger partial charge in [-0.1, -0.05) is 12.1 Å². The smallest absolute Gasteiger partial charge is 0.255 e. The molecule has 2 aromatic carbocycles. The highest BCUT2D eigenvalue weighted by Gasteiger charge is 2.14. The van der Waals surface area contributed by atoms with Crippen molar-refractivity contribution < 1.29 is 23.4 Å². The van der Waals surface area contributed by atoms with E-state index >= 15 is 0 Å². The van der Waals surface area contributed by atoms with Crippen molar-refractivity contribution in [3.8, 4) is 17.2 Å². The average Bonchev–Trinajstić information content (AvgIpc) is 2.67. The second kappa shape index (κ2) is 10.1. The van der Waals surface area contributed by atoms with Crippen LogP contribution in [0.1, 0.15) is 5.56 Å². The highest BCUT2D eigenvalue weighted by molar-refractivity contribution is 7.80. The lowest BCUT2D eigenvalue weighted by molar-refractivity contribution is -0.120. The van der Waals surface area contributed by atoms with E-state index in [0.29, 0.717) is 17.1 Å². The van der Waals surface area contributed by atoms with Gasteiger partial charge < -0.3 is 25.3 Å². The Morgan fingerprint density at radius 2 is 1.89 bits per heavy atom. The fraction of sp³-hybridized carbons (Fsp3) is 0.167. The summed E-state index contributed by atoms with van der Waals surface area (Å²) in [6.45, 7) is -0.322. The SMILES string of the molecule is COc1cc(/C=N\NC(=S)Nc2ccccc2F)cc(OC)c1OCC(N)=O. The van der Waals surface area contributed by atoms with E-state index in [1.807, 2.05) is 0 Å². The van der Waals surface area contributed by atoms with Crippen molar-refractivity contribution in [3.05, 3.63) is 47.8 Å². The van der Waals surface area contributed by atoms with Crippen LogP contribution in [0.25, 0.3) is 0 Å². The number of nitrogens with two attached hydrogens (primary N) is 1. The second-order valence-corrected chi connectivity index (χ2v) is 5.72. The Morgan fingerprint density at radius 3 is 2.46 bits per heavy atom. The Labute approximate surface area is 166 Å². The van der Waals surface area contributed by atoms with Gasteiger partial charge in [0.2, 0.25) is 5.75 Å². The molecule has 10 heteroatoms. The largest absolute Gasteiger partial charge is 0.493 e. The van der Waals surface area contributed by atoms with Crippen molar-refractivity contribution in [1.29, 1.82) is 0 Å². The number of hydrogen-bond acceptors (Lipinski definition) is 6. The van der Waals surface area contributed by atoms with Gasteiger partial charge in [0.05, 0.1) is 26.1 Å². The molecule has 0 radical (unpaired) electrons. The molecular weight excluding hydrogens is 387 g/mol. The van der Waals surface area contributed by atoms with Gasteiger partial charge in [0.1, 0.15) is 5.82 Å². The molecular formula is C18H19FN4O4S. The van der Waals surface area contributed by atoms with Gasteiger partial charge in [-0.15, -0.1) is 0 Å². The van der Waals surface area contributed by atoms with E-state index < -0.39 is 11.7 Å². The zero-order valence-electron chi connectivity index (χ0n) is 15.2. The number of hydrazone groups is 1. The lowest BCUT2D eigenvalue weighted by atomic mass is 10.2. The van der Waals surface area contributed by atoms with Crippen molar-refractivity contribution in [2.24, 2.45) is 10.8 Å². The lowest BCUT2D eigenvalue weighted by Gasteiger charge is -2.14. The third-order valence-corrected chi connectivity index (χ3v) is 3.54. The molecule has 28 heavy (non-hydrogen) atoms. The van der Waals surface area contributed by atoms with Gasteiger partial charge in [-0.2, -0.15) is 5.10 Å². The molecule has 0 saturated carbocycles. The van der Waals surface area contributed by atoms with Gasteiger partial charge in [-0.25, -0.2) is 4.39 Å². The summed E-state index contributed by atoms with van der Waals surface area (Å²) in [6.07, 6.45) is 1.46. The van der Waals surface area contributed by atoms with E-state index in [1.54, 1.807) is 30.3 Å². The number of carbonyl (C=O) groups is 1. The molecule has 0 fully saturated rings. The summed E-state index contributed by atoms with van der Waals surface area (Å²) in [5.41, 5.74) is 8.51. The van der Waals surface area contributed by atoms with Gasteiger partial charge in [0.25, 0.3) is 5.91 Å². The molecule has 0 atom stereocenters. The number of ether oxygens (including phenoxy) is 3. The first-order valence-electron chi connectivity index (χ1n) is 7.96. The predicted molar refractivity (Wildman–Crippen MR) is 108 cm³/mol. The third kappa shape index (κ3) is 5.81. The van der Waals surface area contributed by atoms with Crippen LogP contribution in [-0.2, 0) is 4.79 Å². The maximum Gasteiger partial charge on any atom is 0.255 e. The number of benzene rings is 2. The topological polar surface area (TPSA) is 107 Å². The number of rotatable bonds is 8. The molecule has 2 rings (SSSR count). The minimum Gasteiger partial charge on any atom is -0.493 e. The van der Waals surface area contributed by atoms with E-state index in [4.69, 9.17) is 32.2 Å². The van der Waals surface area contributed by atoms with Gasteiger partial charge in [-0.05, 0) is 36.5 Å². The number of thiocarbonyl (C=S) groups is 1. The molecule has 8 nitrogen and oxygen atoms in total. The molecule has 0 saturated heterocycles. The van der Waals surface area contributed by atoms with E-state index in [-0.39, 0.29) is 23.2 Å². The standard InChI is InChI=1S/C18H19FN4O4S/c1-25-14-7-11(8-15(26-2)17(14)27-10-16(20)24)9-21-23-18(28)22-13-6-4-3-5-12(13)19/h3-9H,10H2,1-2H3,(H2,20,24)(H2,22,23,28)/b21-9-. The molecule has 0 heterocycles. The first-order chi connectivity index (χ1) is 13.4. The van der Waals surface area contributed by atoms with Crippen LogP contribution < -0.4 is 30.7 Å². The number of hydrogen-bond donors (Lipinski definition) is 3. The number of halogens is 1. The minimum atomic E-state index is -0.630. The Morgan fingerprint density at radius 1 is 1.25 bits per heavy atom. The Bertz CT molecular complexity index is 867. The van der Waals surface area contributed by atoms with Crippen LogP contribution >= 0.6 is 12.2 Å². The van der Waals surface area contributed by atoms with Crippen LogP contribution in [0.4, 0.5) is 10.1 Å². The lowest BCUT2D eigenvalue weighted by Crippen LogP contribution is -2.24. The van der Waals surface area contributed by atoms with E-state index in [0.717, 1.165) is 0 Å². The molecule has 0 spiro atoms. The molecule has 4 N–H and O–H groups in total. The van der Waals surface area contributed by atoms with Crippen molar-refractivity contribution in [1.82, 2.24) is 5.43 Å². The highest BCUT2D eigenvalue weighted by atomic mass is 32.1. The van der Waals surface area contributed by atoms with Crippen molar-refractivity contribution >= 4 is 35.1 Å². The van der Waals surface area contributed by atoms with Crippen LogP contribution in [0.5, 0.6) is 17.2 Å². The molecule has 0 aromatic heterocycles. The van der Waals surface area contributed by atoms with Crippen LogP contribution in [0.15, 0.2) is 41.5 Å². The maximum atomic E-state index is 13.6. The molecule has 148 valence electrons. The number of carbonyl (C=O) groups excluding carboxylic acids is 1. The van der Waals surface area contributed by atoms with Crippen molar-refractivity contribution in [2.75, 3.05) is 26.1 Å². The van der Waals surface area contributed by atoms with Crippen molar-refractivity contribution in [2.45, 2.75) is 0 Å². The average molecular weight is 406 g/mol. The Hall–Kier alpha value is -3.40. The molecule has 0 aliphatic carbocycles. The Balaban J connectivity index is 2.09. The number of anilines is 1. The maximum absolute atomic E-state index is 13.6. The van der Waals surface area contributed by atoms with Crippen LogP contribution in [-0.4, -0.2) is 38.1 Å². The predicted octanol–water partition coefficient (Wildman–Crippen LogP) is 2.03. The highest BCUT2D eigenvalue weighted by Crippen LogP contribution is 2.38. The minimum absolute atomic E-state index is 0.113. The summed E-state index contributed by atoms with van der Waals surface area (Å²) in [7, 11) is 2.89.